The molecule has 0 unspecified atom stereocenters. The van der Waals surface area contributed by atoms with Gasteiger partial charge in [-0.25, -0.2) is 4.39 Å². The molecule has 0 bridgehead atoms. The highest BCUT2D eigenvalue weighted by molar-refractivity contribution is 9.10. The molecule has 0 radical (unpaired) electrons. The number of benzene rings is 1. The topological polar surface area (TPSA) is 9.23 Å². The molecule has 76 valence electrons. The SMILES string of the molecule is CCOc1cc(F)ccc1Br.F.F. The van der Waals surface area contributed by atoms with E-state index in [4.69, 9.17) is 4.74 Å². The summed E-state index contributed by atoms with van der Waals surface area (Å²) in [4.78, 5) is 0. The summed E-state index contributed by atoms with van der Waals surface area (Å²) < 4.78 is 18.5. The van der Waals surface area contributed by atoms with Crippen LogP contribution in [0.5, 0.6) is 5.75 Å². The zero-order valence-electron chi connectivity index (χ0n) is 6.92. The van der Waals surface area contributed by atoms with Crippen molar-refractivity contribution in [3.8, 4) is 5.75 Å². The third kappa shape index (κ3) is 4.17. The highest BCUT2D eigenvalue weighted by Crippen LogP contribution is 2.25. The van der Waals surface area contributed by atoms with Gasteiger partial charge in [0.1, 0.15) is 11.6 Å². The molecular weight excluding hydrogens is 249 g/mol. The summed E-state index contributed by atoms with van der Waals surface area (Å²) in [6.45, 7) is 2.40. The van der Waals surface area contributed by atoms with E-state index in [1.807, 2.05) is 6.92 Å². The Morgan fingerprint density at radius 1 is 1.38 bits per heavy atom. The Morgan fingerprint density at radius 2 is 2.00 bits per heavy atom. The lowest BCUT2D eigenvalue weighted by Gasteiger charge is -2.04. The van der Waals surface area contributed by atoms with Crippen molar-refractivity contribution in [2.45, 2.75) is 6.92 Å². The Morgan fingerprint density at radius 3 is 2.54 bits per heavy atom. The second-order valence-electron chi connectivity index (χ2n) is 2.01. The first kappa shape index (κ1) is 14.8. The minimum atomic E-state index is -0.281. The smallest absolute Gasteiger partial charge is 0.136 e. The molecule has 0 heterocycles. The van der Waals surface area contributed by atoms with Crippen molar-refractivity contribution < 1.29 is 18.5 Å². The van der Waals surface area contributed by atoms with Crippen LogP contribution < -0.4 is 4.74 Å². The fourth-order valence-electron chi connectivity index (χ4n) is 0.743. The van der Waals surface area contributed by atoms with Gasteiger partial charge in [-0.1, -0.05) is 0 Å². The van der Waals surface area contributed by atoms with Crippen LogP contribution in [0.25, 0.3) is 0 Å². The molecule has 0 atom stereocenters. The van der Waals surface area contributed by atoms with Gasteiger partial charge in [-0.2, -0.15) is 0 Å². The highest BCUT2D eigenvalue weighted by atomic mass is 79.9. The molecule has 0 aromatic heterocycles. The van der Waals surface area contributed by atoms with Gasteiger partial charge < -0.3 is 4.74 Å². The number of ether oxygens (including phenoxy) is 1. The van der Waals surface area contributed by atoms with Crippen LogP contribution in [0.3, 0.4) is 0 Å². The fraction of sp³-hybridized carbons (Fsp3) is 0.250. The van der Waals surface area contributed by atoms with Crippen LogP contribution in [-0.2, 0) is 0 Å². The second kappa shape index (κ2) is 6.77. The van der Waals surface area contributed by atoms with E-state index < -0.39 is 0 Å². The highest BCUT2D eigenvalue weighted by Gasteiger charge is 2.00. The Kier molecular flexibility index (Phi) is 7.70. The van der Waals surface area contributed by atoms with E-state index in [1.165, 1.54) is 12.1 Å². The first-order valence-corrected chi connectivity index (χ1v) is 4.11. The maximum atomic E-state index is 12.6. The minimum Gasteiger partial charge on any atom is -0.493 e. The summed E-state index contributed by atoms with van der Waals surface area (Å²) in [5.41, 5.74) is 0. The molecule has 0 amide bonds. The first-order valence-electron chi connectivity index (χ1n) is 3.32. The normalized spacial score (nSPS) is 8.23. The van der Waals surface area contributed by atoms with E-state index in [1.54, 1.807) is 6.07 Å². The van der Waals surface area contributed by atoms with E-state index in [0.29, 0.717) is 12.4 Å². The van der Waals surface area contributed by atoms with E-state index in [0.717, 1.165) is 4.47 Å². The van der Waals surface area contributed by atoms with Crippen molar-refractivity contribution in [1.29, 1.82) is 0 Å². The standard InChI is InChI=1S/C8H8BrFO.2FH/c1-2-11-8-5-6(10)3-4-7(8)9;;/h3-5H,2H2,1H3;2*1H. The molecule has 0 aliphatic carbocycles. The van der Waals surface area contributed by atoms with Gasteiger partial charge in [0, 0.05) is 6.07 Å². The summed E-state index contributed by atoms with van der Waals surface area (Å²) >= 11 is 3.24. The number of halogens is 4. The van der Waals surface area contributed by atoms with Crippen LogP contribution in [0.15, 0.2) is 22.7 Å². The second-order valence-corrected chi connectivity index (χ2v) is 2.86. The van der Waals surface area contributed by atoms with Gasteiger partial charge in [0.15, 0.2) is 0 Å². The molecule has 0 fully saturated rings. The third-order valence-corrected chi connectivity index (χ3v) is 1.85. The van der Waals surface area contributed by atoms with Gasteiger partial charge >= 0.3 is 0 Å². The van der Waals surface area contributed by atoms with Crippen molar-refractivity contribution in [3.63, 3.8) is 0 Å². The molecule has 1 aromatic rings. The summed E-state index contributed by atoms with van der Waals surface area (Å²) in [6.07, 6.45) is 0. The van der Waals surface area contributed by atoms with E-state index in [9.17, 15) is 4.39 Å². The Hall–Kier alpha value is -0.710. The summed E-state index contributed by atoms with van der Waals surface area (Å²) in [6, 6.07) is 4.36. The van der Waals surface area contributed by atoms with Gasteiger partial charge in [-0.15, -0.1) is 0 Å². The van der Waals surface area contributed by atoms with Gasteiger partial charge in [0.05, 0.1) is 11.1 Å². The molecule has 0 N–H and O–H groups in total. The quantitative estimate of drug-likeness (QED) is 0.791. The van der Waals surface area contributed by atoms with Crippen LogP contribution in [0.2, 0.25) is 0 Å². The lowest BCUT2D eigenvalue weighted by molar-refractivity contribution is 0.336. The molecule has 0 aliphatic heterocycles. The molecule has 1 aromatic carbocycles. The first-order chi connectivity index (χ1) is 5.24. The monoisotopic (exact) mass is 258 g/mol. The zero-order valence-corrected chi connectivity index (χ0v) is 8.51. The number of rotatable bonds is 2. The summed E-state index contributed by atoms with van der Waals surface area (Å²) in [7, 11) is 0. The molecule has 0 saturated carbocycles. The largest absolute Gasteiger partial charge is 0.493 e. The number of hydrogen-bond acceptors (Lipinski definition) is 1. The number of hydrogen-bond donors (Lipinski definition) is 0. The zero-order chi connectivity index (χ0) is 8.27. The van der Waals surface area contributed by atoms with E-state index >= 15 is 0 Å². The van der Waals surface area contributed by atoms with Crippen LogP contribution in [0.4, 0.5) is 13.8 Å². The average molecular weight is 259 g/mol. The molecule has 1 rings (SSSR count). The van der Waals surface area contributed by atoms with Gasteiger partial charge in [-0.05, 0) is 35.0 Å². The Labute approximate surface area is 82.8 Å². The van der Waals surface area contributed by atoms with Crippen LogP contribution in [-0.4, -0.2) is 6.61 Å². The Bertz CT molecular complexity index is 255. The fourth-order valence-corrected chi connectivity index (χ4v) is 1.10. The summed E-state index contributed by atoms with van der Waals surface area (Å²) in [5.74, 6) is 0.268. The van der Waals surface area contributed by atoms with Crippen LogP contribution in [0.1, 0.15) is 6.92 Å². The van der Waals surface area contributed by atoms with Crippen LogP contribution in [0, 0.1) is 5.82 Å². The lowest BCUT2D eigenvalue weighted by Crippen LogP contribution is -1.92. The molecular formula is C8H10BrF3O. The van der Waals surface area contributed by atoms with Crippen molar-refractivity contribution >= 4 is 15.9 Å². The van der Waals surface area contributed by atoms with Crippen molar-refractivity contribution in [2.75, 3.05) is 6.61 Å². The summed E-state index contributed by atoms with van der Waals surface area (Å²) in [5, 5.41) is 0. The predicted octanol–water partition coefficient (Wildman–Crippen LogP) is 3.29. The van der Waals surface area contributed by atoms with Crippen molar-refractivity contribution in [3.05, 3.63) is 28.5 Å². The molecule has 1 nitrogen and oxygen atoms in total. The van der Waals surface area contributed by atoms with Crippen molar-refractivity contribution in [1.82, 2.24) is 0 Å². The molecule has 5 heteroatoms. The molecule has 0 saturated heterocycles. The minimum absolute atomic E-state index is 0. The molecule has 0 spiro atoms. The Balaban J connectivity index is 0. The van der Waals surface area contributed by atoms with Gasteiger partial charge in [0.2, 0.25) is 0 Å². The van der Waals surface area contributed by atoms with Crippen molar-refractivity contribution in [2.24, 2.45) is 0 Å². The lowest BCUT2D eigenvalue weighted by atomic mass is 10.3. The maximum Gasteiger partial charge on any atom is 0.136 e. The van der Waals surface area contributed by atoms with Gasteiger partial charge in [0.25, 0.3) is 0 Å². The molecule has 0 aliphatic rings. The third-order valence-electron chi connectivity index (χ3n) is 1.19. The maximum absolute atomic E-state index is 12.6. The predicted molar refractivity (Wildman–Crippen MR) is 50.3 cm³/mol. The van der Waals surface area contributed by atoms with Crippen LogP contribution >= 0.6 is 15.9 Å². The van der Waals surface area contributed by atoms with E-state index in [2.05, 4.69) is 15.9 Å². The average Bonchev–Trinajstić information content (AvgIpc) is 1.98. The van der Waals surface area contributed by atoms with Gasteiger partial charge in [-0.3, -0.25) is 9.41 Å². The molecule has 13 heavy (non-hydrogen) atoms. The van der Waals surface area contributed by atoms with E-state index in [-0.39, 0.29) is 15.2 Å².